The van der Waals surface area contributed by atoms with E-state index >= 15 is 0 Å². The first-order valence-electron chi connectivity index (χ1n) is 8.99. The van der Waals surface area contributed by atoms with Gasteiger partial charge in [0.05, 0.1) is 17.9 Å². The second-order valence-electron chi connectivity index (χ2n) is 6.18. The molecule has 6 nitrogen and oxygen atoms in total. The van der Waals surface area contributed by atoms with Crippen molar-refractivity contribution < 1.29 is 14.3 Å². The number of nitrogens with one attached hydrogen (secondary N) is 2. The number of hydrogen-bond donors (Lipinski definition) is 2. The molecule has 26 heavy (non-hydrogen) atoms. The van der Waals surface area contributed by atoms with Gasteiger partial charge in [0, 0.05) is 10.6 Å². The summed E-state index contributed by atoms with van der Waals surface area (Å²) in [4.78, 5) is 29.7. The molecule has 0 radical (unpaired) electrons. The minimum Gasteiger partial charge on any atom is -0.462 e. The number of aryl methyl sites for hydroxylation is 2. The van der Waals surface area contributed by atoms with Crippen molar-refractivity contribution in [2.75, 3.05) is 17.2 Å². The molecule has 1 aromatic heterocycles. The van der Waals surface area contributed by atoms with Gasteiger partial charge in [-0.25, -0.2) is 14.6 Å². The number of nitrogens with zero attached hydrogens (tertiary/aromatic N) is 1. The average Bonchev–Trinajstić information content (AvgIpc) is 2.96. The fourth-order valence-electron chi connectivity index (χ4n) is 2.92. The van der Waals surface area contributed by atoms with E-state index in [1.807, 2.05) is 0 Å². The molecule has 0 aliphatic heterocycles. The molecule has 0 bridgehead atoms. The van der Waals surface area contributed by atoms with Crippen LogP contribution in [0.2, 0.25) is 0 Å². The lowest BCUT2D eigenvalue weighted by Crippen LogP contribution is -2.19. The van der Waals surface area contributed by atoms with Gasteiger partial charge in [-0.15, -0.1) is 11.3 Å². The zero-order valence-electron chi connectivity index (χ0n) is 14.8. The van der Waals surface area contributed by atoms with Gasteiger partial charge in [-0.1, -0.05) is 12.8 Å². The summed E-state index contributed by atoms with van der Waals surface area (Å²) in [5.41, 5.74) is 2.19. The van der Waals surface area contributed by atoms with Crippen molar-refractivity contribution in [3.8, 4) is 0 Å². The van der Waals surface area contributed by atoms with E-state index in [0.29, 0.717) is 23.0 Å². The number of hydrogen-bond acceptors (Lipinski definition) is 5. The third-order valence-electron chi connectivity index (χ3n) is 4.22. The van der Waals surface area contributed by atoms with Crippen molar-refractivity contribution in [1.29, 1.82) is 0 Å². The minimum absolute atomic E-state index is 0.332. The highest BCUT2D eigenvalue weighted by Gasteiger charge is 2.15. The summed E-state index contributed by atoms with van der Waals surface area (Å²) < 4.78 is 4.94. The molecule has 1 aliphatic rings. The molecule has 0 saturated heterocycles. The normalized spacial score (nSPS) is 13.9. The molecule has 0 fully saturated rings. The highest BCUT2D eigenvalue weighted by Crippen LogP contribution is 2.28. The van der Waals surface area contributed by atoms with Gasteiger partial charge in [-0.3, -0.25) is 5.32 Å². The van der Waals surface area contributed by atoms with Gasteiger partial charge in [0.2, 0.25) is 0 Å². The Bertz CT molecular complexity index is 745. The van der Waals surface area contributed by atoms with Crippen molar-refractivity contribution in [3.63, 3.8) is 0 Å². The van der Waals surface area contributed by atoms with Gasteiger partial charge in [0.25, 0.3) is 0 Å². The van der Waals surface area contributed by atoms with Crippen molar-refractivity contribution in [1.82, 2.24) is 4.98 Å². The van der Waals surface area contributed by atoms with Crippen LogP contribution in [0, 0.1) is 0 Å². The number of aromatic nitrogens is 1. The number of anilines is 2. The van der Waals surface area contributed by atoms with Gasteiger partial charge in [-0.2, -0.15) is 0 Å². The number of carbonyl (C=O) groups is 2. The second kappa shape index (κ2) is 8.80. The third kappa shape index (κ3) is 4.82. The van der Waals surface area contributed by atoms with E-state index in [1.165, 1.54) is 24.1 Å². The molecule has 138 valence electrons. The lowest BCUT2D eigenvalue weighted by Gasteiger charge is -2.06. The maximum absolute atomic E-state index is 12.2. The van der Waals surface area contributed by atoms with Gasteiger partial charge in [0.1, 0.15) is 0 Å². The molecule has 2 amide bonds. The first-order chi connectivity index (χ1) is 12.7. The summed E-state index contributed by atoms with van der Waals surface area (Å²) >= 11 is 1.56. The quantitative estimate of drug-likeness (QED) is 0.766. The number of amides is 2. The Labute approximate surface area is 157 Å². The molecule has 2 N–H and O–H groups in total. The van der Waals surface area contributed by atoms with E-state index < -0.39 is 0 Å². The smallest absolute Gasteiger partial charge is 0.338 e. The molecule has 3 rings (SSSR count). The van der Waals surface area contributed by atoms with Gasteiger partial charge >= 0.3 is 12.0 Å². The van der Waals surface area contributed by atoms with Crippen molar-refractivity contribution in [3.05, 3.63) is 40.4 Å². The molecular weight excluding hydrogens is 350 g/mol. The van der Waals surface area contributed by atoms with Gasteiger partial charge in [0.15, 0.2) is 5.13 Å². The second-order valence-corrected chi connectivity index (χ2v) is 7.26. The fraction of sp³-hybridized carbons (Fsp3) is 0.421. The Hall–Kier alpha value is -2.41. The van der Waals surface area contributed by atoms with Gasteiger partial charge in [-0.05, 0) is 56.9 Å². The maximum atomic E-state index is 12.2. The van der Waals surface area contributed by atoms with Crippen LogP contribution in [0.3, 0.4) is 0 Å². The number of ether oxygens (including phenoxy) is 1. The molecule has 0 atom stereocenters. The number of thiazole rings is 1. The minimum atomic E-state index is -0.372. The van der Waals surface area contributed by atoms with Crippen LogP contribution in [0.1, 0.15) is 53.5 Å². The zero-order valence-corrected chi connectivity index (χ0v) is 15.7. The topological polar surface area (TPSA) is 80.3 Å². The van der Waals surface area contributed by atoms with Crippen LogP contribution in [0.4, 0.5) is 15.6 Å². The molecule has 7 heteroatoms. The predicted molar refractivity (Wildman–Crippen MR) is 103 cm³/mol. The van der Waals surface area contributed by atoms with Crippen LogP contribution in [0.25, 0.3) is 0 Å². The summed E-state index contributed by atoms with van der Waals surface area (Å²) in [6.07, 6.45) is 6.91. The zero-order chi connectivity index (χ0) is 18.4. The van der Waals surface area contributed by atoms with E-state index in [-0.39, 0.29) is 12.0 Å². The summed E-state index contributed by atoms with van der Waals surface area (Å²) in [6.45, 7) is 2.09. The average molecular weight is 373 g/mol. The largest absolute Gasteiger partial charge is 0.462 e. The van der Waals surface area contributed by atoms with Crippen LogP contribution >= 0.6 is 11.3 Å². The molecule has 0 unspecified atom stereocenters. The van der Waals surface area contributed by atoms with E-state index in [4.69, 9.17) is 4.74 Å². The SMILES string of the molecule is CCOC(=O)c1ccc(NC(=O)Nc2nc3c(s2)CCCCCC3)cc1. The Morgan fingerprint density at radius 1 is 1.08 bits per heavy atom. The van der Waals surface area contributed by atoms with E-state index in [2.05, 4.69) is 15.6 Å². The van der Waals surface area contributed by atoms with E-state index in [0.717, 1.165) is 25.0 Å². The predicted octanol–water partition coefficient (Wildman–Crippen LogP) is 4.62. The molecule has 0 saturated carbocycles. The van der Waals surface area contributed by atoms with E-state index in [1.54, 1.807) is 42.5 Å². The molecule has 1 aliphatic carbocycles. The molecule has 1 aromatic carbocycles. The van der Waals surface area contributed by atoms with E-state index in [9.17, 15) is 9.59 Å². The highest BCUT2D eigenvalue weighted by molar-refractivity contribution is 7.15. The fourth-order valence-corrected chi connectivity index (χ4v) is 3.97. The monoisotopic (exact) mass is 373 g/mol. The third-order valence-corrected chi connectivity index (χ3v) is 5.29. The van der Waals surface area contributed by atoms with Crippen molar-refractivity contribution >= 4 is 34.2 Å². The Balaban J connectivity index is 1.58. The number of fused-ring (bicyclic) bond motifs is 1. The standard InChI is InChI=1S/C19H23N3O3S/c1-2-25-17(23)13-9-11-14(12-10-13)20-18(24)22-19-21-15-7-5-3-4-6-8-16(15)26-19/h9-12H,2-8H2,1H3,(H2,20,21,22,24). The van der Waals surface area contributed by atoms with Crippen LogP contribution in [0.5, 0.6) is 0 Å². The summed E-state index contributed by atoms with van der Waals surface area (Å²) in [7, 11) is 0. The number of esters is 1. The first kappa shape index (κ1) is 18.4. The lowest BCUT2D eigenvalue weighted by atomic mass is 10.0. The summed E-state index contributed by atoms with van der Waals surface area (Å²) in [5, 5.41) is 6.21. The first-order valence-corrected chi connectivity index (χ1v) is 9.81. The molecule has 1 heterocycles. The van der Waals surface area contributed by atoms with Gasteiger partial charge < -0.3 is 10.1 Å². The number of benzene rings is 1. The molecule has 2 aromatic rings. The van der Waals surface area contributed by atoms with Crippen LogP contribution < -0.4 is 10.6 Å². The van der Waals surface area contributed by atoms with Crippen LogP contribution in [-0.4, -0.2) is 23.6 Å². The molecular formula is C19H23N3O3S. The number of rotatable bonds is 4. The summed E-state index contributed by atoms with van der Waals surface area (Å²) in [5.74, 6) is -0.372. The summed E-state index contributed by atoms with van der Waals surface area (Å²) in [6, 6.07) is 6.27. The lowest BCUT2D eigenvalue weighted by molar-refractivity contribution is 0.0526. The maximum Gasteiger partial charge on any atom is 0.338 e. The Morgan fingerprint density at radius 2 is 1.81 bits per heavy atom. The highest BCUT2D eigenvalue weighted by atomic mass is 32.1. The Kier molecular flexibility index (Phi) is 6.22. The number of urea groups is 1. The van der Waals surface area contributed by atoms with Crippen molar-refractivity contribution in [2.45, 2.75) is 45.4 Å². The van der Waals surface area contributed by atoms with Crippen molar-refractivity contribution in [2.24, 2.45) is 0 Å². The van der Waals surface area contributed by atoms with Crippen LogP contribution in [-0.2, 0) is 17.6 Å². The van der Waals surface area contributed by atoms with Crippen LogP contribution in [0.15, 0.2) is 24.3 Å². The Morgan fingerprint density at radius 3 is 2.54 bits per heavy atom. The molecule has 0 spiro atoms. The number of carbonyl (C=O) groups excluding carboxylic acids is 2.